The Balaban J connectivity index is 1.70. The lowest BCUT2D eigenvalue weighted by atomic mass is 10.0. The van der Waals surface area contributed by atoms with Crippen LogP contribution in [0.5, 0.6) is 0 Å². The number of nitrogens with two attached hydrogens (primary N) is 1. The summed E-state index contributed by atoms with van der Waals surface area (Å²) < 4.78 is 17.8. The van der Waals surface area contributed by atoms with Crippen LogP contribution in [0, 0.1) is 0 Å². The zero-order valence-electron chi connectivity index (χ0n) is 14.9. The number of aryl methyl sites for hydroxylation is 2. The number of fused-ring (bicyclic) bond motifs is 2. The van der Waals surface area contributed by atoms with Crippen LogP contribution in [-0.2, 0) is 36.2 Å². The van der Waals surface area contributed by atoms with Gasteiger partial charge < -0.3 is 5.32 Å². The molecule has 0 radical (unpaired) electrons. The summed E-state index contributed by atoms with van der Waals surface area (Å²) in [7, 11) is -1.70. The first-order valence-corrected chi connectivity index (χ1v) is 10.3. The molecule has 2 heterocycles. The number of anilines is 1. The van der Waals surface area contributed by atoms with Crippen LogP contribution in [0.15, 0.2) is 21.7 Å². The van der Waals surface area contributed by atoms with E-state index in [9.17, 15) is 9.00 Å². The average Bonchev–Trinajstić information content (AvgIpc) is 3.28. The molecule has 8 nitrogen and oxygen atoms in total. The second-order valence-electron chi connectivity index (χ2n) is 6.99. The van der Waals surface area contributed by atoms with E-state index in [-0.39, 0.29) is 5.03 Å². The van der Waals surface area contributed by atoms with Gasteiger partial charge >= 0.3 is 6.03 Å². The van der Waals surface area contributed by atoms with Gasteiger partial charge in [-0.1, -0.05) is 6.92 Å². The third-order valence-corrected chi connectivity index (χ3v) is 6.34. The number of carbonyl (C=O) groups is 1. The van der Waals surface area contributed by atoms with Crippen LogP contribution in [0.2, 0.25) is 0 Å². The van der Waals surface area contributed by atoms with Crippen LogP contribution in [-0.4, -0.2) is 25.0 Å². The predicted octanol–water partition coefficient (Wildman–Crippen LogP) is 2.29. The van der Waals surface area contributed by atoms with Crippen molar-refractivity contribution in [3.63, 3.8) is 0 Å². The molecule has 0 saturated carbocycles. The first kappa shape index (κ1) is 17.2. The van der Waals surface area contributed by atoms with Crippen LogP contribution < -0.4 is 10.5 Å². The highest BCUT2D eigenvalue weighted by atomic mass is 32.2. The molecule has 3 N–H and O–H groups in total. The molecule has 9 heteroatoms. The van der Waals surface area contributed by atoms with Gasteiger partial charge in [-0.25, -0.2) is 14.1 Å². The summed E-state index contributed by atoms with van der Waals surface area (Å²) in [5, 5.41) is 12.7. The number of nitrogens with one attached hydrogen (secondary N) is 1. The van der Waals surface area contributed by atoms with Crippen LogP contribution in [0.4, 0.5) is 10.5 Å². The Hall–Kier alpha value is -2.26. The molecule has 4 rings (SSSR count). The highest BCUT2D eigenvalue weighted by Crippen LogP contribution is 2.41. The van der Waals surface area contributed by atoms with Crippen molar-refractivity contribution in [2.75, 3.05) is 5.32 Å². The fourth-order valence-corrected chi connectivity index (χ4v) is 4.69. The minimum Gasteiger partial charge on any atom is -0.305 e. The smallest absolute Gasteiger partial charge is 0.305 e. The van der Waals surface area contributed by atoms with E-state index in [0.717, 1.165) is 60.3 Å². The number of hydrogen-bond donors (Lipinski definition) is 2. The number of aromatic nitrogens is 3. The van der Waals surface area contributed by atoms with Gasteiger partial charge in [0.1, 0.15) is 0 Å². The maximum atomic E-state index is 12.6. The van der Waals surface area contributed by atoms with Gasteiger partial charge in [0, 0.05) is 24.6 Å². The Bertz CT molecular complexity index is 1020. The van der Waals surface area contributed by atoms with E-state index >= 15 is 0 Å². The van der Waals surface area contributed by atoms with Gasteiger partial charge in [0.15, 0.2) is 14.9 Å². The fourth-order valence-electron chi connectivity index (χ4n) is 3.80. The zero-order chi connectivity index (χ0) is 18.5. The maximum Gasteiger partial charge on any atom is 0.354 e. The molecule has 2 atom stereocenters. The summed E-state index contributed by atoms with van der Waals surface area (Å²) in [5.74, 6) is 0.385. The third-order valence-electron chi connectivity index (χ3n) is 5.09. The van der Waals surface area contributed by atoms with E-state index in [1.807, 2.05) is 0 Å². The van der Waals surface area contributed by atoms with Gasteiger partial charge in [-0.05, 0) is 55.2 Å². The van der Waals surface area contributed by atoms with Crippen molar-refractivity contribution in [1.82, 2.24) is 14.8 Å². The highest BCUT2D eigenvalue weighted by Gasteiger charge is 2.30. The monoisotopic (exact) mass is 374 g/mol. The summed E-state index contributed by atoms with van der Waals surface area (Å²) >= 11 is 0. The second-order valence-corrected chi connectivity index (χ2v) is 8.72. The van der Waals surface area contributed by atoms with E-state index in [0.29, 0.717) is 5.92 Å². The van der Waals surface area contributed by atoms with Crippen molar-refractivity contribution in [1.29, 1.82) is 0 Å². The number of amides is 2. The van der Waals surface area contributed by atoms with E-state index < -0.39 is 15.9 Å². The van der Waals surface area contributed by atoms with Crippen LogP contribution in [0.25, 0.3) is 0 Å². The molecule has 2 aliphatic rings. The predicted molar refractivity (Wildman–Crippen MR) is 98.2 cm³/mol. The van der Waals surface area contributed by atoms with Gasteiger partial charge in [-0.2, -0.15) is 5.10 Å². The molecule has 0 fully saturated rings. The SMILES string of the molecule is C[C@@H]1CCc2c1nc1c(c2NC(=O)N=[S@](N)(=O)c2ccn(C)n2)CCC1. The largest absolute Gasteiger partial charge is 0.354 e. The number of urea groups is 1. The van der Waals surface area contributed by atoms with Crippen molar-refractivity contribution >= 4 is 21.6 Å². The summed E-state index contributed by atoms with van der Waals surface area (Å²) in [6.07, 6.45) is 6.35. The lowest BCUT2D eigenvalue weighted by molar-refractivity contribution is 0.260. The molecule has 0 aliphatic heterocycles. The molecule has 2 aromatic heterocycles. The molecule has 138 valence electrons. The van der Waals surface area contributed by atoms with Crippen molar-refractivity contribution in [3.8, 4) is 0 Å². The zero-order valence-corrected chi connectivity index (χ0v) is 15.7. The number of pyridine rings is 1. The summed E-state index contributed by atoms with van der Waals surface area (Å²) in [6, 6.07) is 0.799. The lowest BCUT2D eigenvalue weighted by Crippen LogP contribution is -2.19. The van der Waals surface area contributed by atoms with Gasteiger partial charge in [0.2, 0.25) is 0 Å². The minimum absolute atomic E-state index is 0.0916. The summed E-state index contributed by atoms with van der Waals surface area (Å²) in [4.78, 5) is 17.3. The molecule has 0 bridgehead atoms. The first-order chi connectivity index (χ1) is 12.3. The lowest BCUT2D eigenvalue weighted by Gasteiger charge is -2.15. The first-order valence-electron chi connectivity index (χ1n) is 8.75. The maximum absolute atomic E-state index is 12.6. The Morgan fingerprint density at radius 3 is 2.92 bits per heavy atom. The van der Waals surface area contributed by atoms with E-state index in [2.05, 4.69) is 21.7 Å². The molecular weight excluding hydrogens is 352 g/mol. The van der Waals surface area contributed by atoms with E-state index in [1.54, 1.807) is 13.2 Å². The number of hydrogen-bond acceptors (Lipinski definition) is 4. The average molecular weight is 374 g/mol. The van der Waals surface area contributed by atoms with Crippen LogP contribution >= 0.6 is 0 Å². The number of rotatable bonds is 2. The minimum atomic E-state index is -3.38. The van der Waals surface area contributed by atoms with Crippen molar-refractivity contribution in [2.24, 2.45) is 16.5 Å². The van der Waals surface area contributed by atoms with Crippen LogP contribution in [0.3, 0.4) is 0 Å². The molecule has 2 aliphatic carbocycles. The summed E-state index contributed by atoms with van der Waals surface area (Å²) in [5.41, 5.74) is 5.10. The molecular formula is C17H22N6O2S. The van der Waals surface area contributed by atoms with E-state index in [4.69, 9.17) is 10.1 Å². The fraction of sp³-hybridized carbons (Fsp3) is 0.471. The van der Waals surface area contributed by atoms with E-state index in [1.165, 1.54) is 10.7 Å². The molecule has 2 amide bonds. The van der Waals surface area contributed by atoms with Gasteiger partial charge in [-0.3, -0.25) is 9.67 Å². The second kappa shape index (κ2) is 6.17. The molecule has 0 spiro atoms. The molecule has 0 aromatic carbocycles. The Labute approximate surface area is 152 Å². The number of nitrogens with zero attached hydrogens (tertiary/aromatic N) is 4. The van der Waals surface area contributed by atoms with Crippen molar-refractivity contribution in [3.05, 3.63) is 34.8 Å². The summed E-state index contributed by atoms with van der Waals surface area (Å²) in [6.45, 7) is 2.16. The Morgan fingerprint density at radius 2 is 2.19 bits per heavy atom. The molecule has 0 unspecified atom stereocenters. The van der Waals surface area contributed by atoms with Gasteiger partial charge in [-0.15, -0.1) is 4.36 Å². The van der Waals surface area contributed by atoms with Gasteiger partial charge in [0.05, 0.1) is 5.69 Å². The highest BCUT2D eigenvalue weighted by molar-refractivity contribution is 7.91. The quantitative estimate of drug-likeness (QED) is 0.839. The number of carbonyl (C=O) groups excluding carboxylic acids is 1. The molecule has 0 saturated heterocycles. The molecule has 2 aromatic rings. The topological polar surface area (TPSA) is 115 Å². The third kappa shape index (κ3) is 2.90. The molecule has 26 heavy (non-hydrogen) atoms. The van der Waals surface area contributed by atoms with Crippen molar-refractivity contribution < 1.29 is 9.00 Å². The van der Waals surface area contributed by atoms with Crippen LogP contribution in [0.1, 0.15) is 48.2 Å². The Kier molecular flexibility index (Phi) is 4.07. The van der Waals surface area contributed by atoms with Gasteiger partial charge in [0.25, 0.3) is 0 Å². The normalized spacial score (nSPS) is 20.3. The Morgan fingerprint density at radius 1 is 1.38 bits per heavy atom. The standard InChI is InChI=1S/C17H22N6O2S/c1-10-6-7-12-15(10)19-13-5-3-4-11(13)16(12)20-17(24)22-26(18,25)14-8-9-23(2)21-14/h8-10H,3-7H2,1-2H3,(H3,18,19,20,22,24,25)/t10-,26+/m1/s1. The van der Waals surface area contributed by atoms with Crippen molar-refractivity contribution in [2.45, 2.75) is 50.0 Å².